The second-order valence-corrected chi connectivity index (χ2v) is 14.6. The van der Waals surface area contributed by atoms with Gasteiger partial charge in [-0.2, -0.15) is 0 Å². The van der Waals surface area contributed by atoms with E-state index in [1.807, 2.05) is 36.4 Å². The molecule has 1 unspecified atom stereocenters. The van der Waals surface area contributed by atoms with Gasteiger partial charge in [0.1, 0.15) is 5.75 Å². The number of nitrogens with one attached hydrogen (secondary N) is 3. The van der Waals surface area contributed by atoms with Gasteiger partial charge in [0, 0.05) is 78.2 Å². The van der Waals surface area contributed by atoms with E-state index in [-0.39, 0.29) is 11.9 Å². The molecule has 4 aromatic rings. The number of carbonyl (C=O) groups is 1. The first-order valence-electron chi connectivity index (χ1n) is 18.0. The number of fused-ring (bicyclic) bond motifs is 1. The number of pyridine rings is 2. The Labute approximate surface area is 310 Å². The summed E-state index contributed by atoms with van der Waals surface area (Å²) in [7, 11) is 3.36. The number of hydrogen-bond donors (Lipinski definition) is 3. The Morgan fingerprint density at radius 2 is 1.78 bits per heavy atom. The van der Waals surface area contributed by atoms with E-state index in [0.717, 1.165) is 85.1 Å². The minimum Gasteiger partial charge on any atom is -0.496 e. The highest BCUT2D eigenvalue weighted by molar-refractivity contribution is 6.39. The number of hydrogen-bond acceptors (Lipinski definition) is 8. The summed E-state index contributed by atoms with van der Waals surface area (Å²) < 4.78 is 11.6. The summed E-state index contributed by atoms with van der Waals surface area (Å²) in [5.74, 6) is 2.32. The van der Waals surface area contributed by atoms with Crippen LogP contribution in [-0.2, 0) is 24.3 Å². The van der Waals surface area contributed by atoms with E-state index >= 15 is 0 Å². The number of ether oxygens (including phenoxy) is 2. The quantitative estimate of drug-likeness (QED) is 0.145. The van der Waals surface area contributed by atoms with E-state index in [1.54, 1.807) is 20.4 Å². The molecule has 1 atom stereocenters. The highest BCUT2D eigenvalue weighted by atomic mass is 35.5. The first kappa shape index (κ1) is 35.7. The molecule has 2 saturated heterocycles. The normalized spacial score (nSPS) is 18.0. The van der Waals surface area contributed by atoms with Crippen molar-refractivity contribution in [2.45, 2.75) is 57.7 Å². The van der Waals surface area contributed by atoms with Crippen LogP contribution in [-0.4, -0.2) is 73.8 Å². The molecule has 2 fully saturated rings. The number of nitrogens with zero attached hydrogens (tertiary/aromatic N) is 3. The highest BCUT2D eigenvalue weighted by Gasteiger charge is 2.25. The molecule has 0 aliphatic carbocycles. The summed E-state index contributed by atoms with van der Waals surface area (Å²) in [6.07, 6.45) is 7.98. The molecular formula is C40H46Cl2N6O3. The minimum absolute atomic E-state index is 0.109. The van der Waals surface area contributed by atoms with Gasteiger partial charge >= 0.3 is 0 Å². The van der Waals surface area contributed by atoms with Crippen molar-refractivity contribution < 1.29 is 14.3 Å². The number of benzene rings is 2. The molecule has 0 radical (unpaired) electrons. The lowest BCUT2D eigenvalue weighted by Crippen LogP contribution is -2.35. The molecule has 3 N–H and O–H groups in total. The second kappa shape index (κ2) is 16.3. The van der Waals surface area contributed by atoms with E-state index in [2.05, 4.69) is 33.0 Å². The molecule has 0 saturated carbocycles. The third kappa shape index (κ3) is 8.03. The van der Waals surface area contributed by atoms with Gasteiger partial charge in [-0.25, -0.2) is 4.98 Å². The molecular weight excluding hydrogens is 683 g/mol. The van der Waals surface area contributed by atoms with Crippen LogP contribution in [0.3, 0.4) is 0 Å². The summed E-state index contributed by atoms with van der Waals surface area (Å²) in [4.78, 5) is 23.7. The standard InChI is InChI=1S/C40H46Cl2N6O3/c1-50-35-21-28(20-26-14-19-48(24-33(26)35)18-13-25-10-15-43-16-11-25)39-38(42)31(12-17-45-39)30-4-3-5-32(37(30)41)34-8-6-27(40(47-34)51-2)22-44-23-29-7-9-36(49)46-29/h3-6,8,12,17,20-21,25,29,43-44H,7,9-11,13-16,18-19,22-24H2,1-2H3,(H,46,49). The Hall–Kier alpha value is -3.73. The molecule has 9 nitrogen and oxygen atoms in total. The molecule has 3 aliphatic rings. The van der Waals surface area contributed by atoms with Gasteiger partial charge < -0.3 is 25.4 Å². The molecule has 2 aromatic heterocycles. The van der Waals surface area contributed by atoms with E-state index in [4.69, 9.17) is 42.6 Å². The van der Waals surface area contributed by atoms with Crippen LogP contribution in [0, 0.1) is 5.92 Å². The fraction of sp³-hybridized carbons (Fsp3) is 0.425. The number of methoxy groups -OCH3 is 2. The smallest absolute Gasteiger partial charge is 0.220 e. The second-order valence-electron chi connectivity index (χ2n) is 13.8. The van der Waals surface area contributed by atoms with Gasteiger partial charge in [-0.05, 0) is 87.5 Å². The molecule has 1 amide bonds. The minimum atomic E-state index is 0.109. The molecule has 268 valence electrons. The highest BCUT2D eigenvalue weighted by Crippen LogP contribution is 2.43. The molecule has 7 rings (SSSR count). The Morgan fingerprint density at radius 1 is 0.961 bits per heavy atom. The zero-order valence-electron chi connectivity index (χ0n) is 29.4. The zero-order valence-corrected chi connectivity index (χ0v) is 30.9. The van der Waals surface area contributed by atoms with E-state index in [1.165, 1.54) is 30.4 Å². The number of rotatable bonds is 12. The molecule has 5 heterocycles. The predicted molar refractivity (Wildman–Crippen MR) is 204 cm³/mol. The first-order chi connectivity index (χ1) is 24.9. The van der Waals surface area contributed by atoms with Crippen LogP contribution in [0.25, 0.3) is 33.6 Å². The molecule has 51 heavy (non-hydrogen) atoms. The Balaban J connectivity index is 1.10. The van der Waals surface area contributed by atoms with Crippen LogP contribution < -0.4 is 25.4 Å². The van der Waals surface area contributed by atoms with E-state index in [0.29, 0.717) is 46.8 Å². The fourth-order valence-corrected chi connectivity index (χ4v) is 8.31. The molecule has 2 aromatic carbocycles. The Morgan fingerprint density at radius 3 is 2.57 bits per heavy atom. The summed E-state index contributed by atoms with van der Waals surface area (Å²) in [5.41, 5.74) is 8.14. The SMILES string of the molecule is COc1cc(-c2nccc(-c3cccc(-c4ccc(CNCC5CCC(=O)N5)c(OC)n4)c3Cl)c2Cl)cc2c1CN(CCC1CCNCC1)CC2. The maximum atomic E-state index is 11.5. The van der Waals surface area contributed by atoms with Crippen LogP contribution in [0.1, 0.15) is 48.8 Å². The molecule has 0 bridgehead atoms. The van der Waals surface area contributed by atoms with Crippen LogP contribution in [0.4, 0.5) is 0 Å². The third-order valence-electron chi connectivity index (χ3n) is 10.6. The van der Waals surface area contributed by atoms with Gasteiger partial charge in [-0.1, -0.05) is 47.5 Å². The molecule has 11 heteroatoms. The number of amides is 1. The number of piperidine rings is 1. The van der Waals surface area contributed by atoms with Crippen molar-refractivity contribution >= 4 is 29.1 Å². The molecule has 0 spiro atoms. The van der Waals surface area contributed by atoms with Crippen LogP contribution in [0.15, 0.2) is 54.7 Å². The van der Waals surface area contributed by atoms with Crippen LogP contribution >= 0.6 is 23.2 Å². The number of carbonyl (C=O) groups excluding carboxylic acids is 1. The maximum Gasteiger partial charge on any atom is 0.220 e. The lowest BCUT2D eigenvalue weighted by molar-refractivity contribution is -0.119. The predicted octanol–water partition coefficient (Wildman–Crippen LogP) is 6.92. The van der Waals surface area contributed by atoms with Gasteiger partial charge in [0.25, 0.3) is 0 Å². The van der Waals surface area contributed by atoms with Gasteiger partial charge in [0.2, 0.25) is 11.8 Å². The van der Waals surface area contributed by atoms with Crippen molar-refractivity contribution in [3.8, 4) is 45.3 Å². The number of halogens is 2. The summed E-state index contributed by atoms with van der Waals surface area (Å²) in [5, 5.41) is 11.0. The molecule has 3 aliphatic heterocycles. The fourth-order valence-electron chi connectivity index (χ4n) is 7.66. The third-order valence-corrected chi connectivity index (χ3v) is 11.4. The van der Waals surface area contributed by atoms with Crippen molar-refractivity contribution in [1.82, 2.24) is 30.8 Å². The monoisotopic (exact) mass is 728 g/mol. The Bertz CT molecular complexity index is 1860. The summed E-state index contributed by atoms with van der Waals surface area (Å²) in [6, 6.07) is 16.2. The van der Waals surface area contributed by atoms with Crippen molar-refractivity contribution in [3.63, 3.8) is 0 Å². The van der Waals surface area contributed by atoms with Gasteiger partial charge in [-0.15, -0.1) is 0 Å². The first-order valence-corrected chi connectivity index (χ1v) is 18.8. The Kier molecular flexibility index (Phi) is 11.4. The van der Waals surface area contributed by atoms with Crippen LogP contribution in [0.5, 0.6) is 11.6 Å². The largest absolute Gasteiger partial charge is 0.496 e. The van der Waals surface area contributed by atoms with Gasteiger partial charge in [0.15, 0.2) is 0 Å². The van der Waals surface area contributed by atoms with Gasteiger partial charge in [-0.3, -0.25) is 14.7 Å². The van der Waals surface area contributed by atoms with Crippen LogP contribution in [0.2, 0.25) is 10.0 Å². The topological polar surface area (TPSA) is 101 Å². The average Bonchev–Trinajstić information content (AvgIpc) is 3.58. The van der Waals surface area contributed by atoms with E-state index in [9.17, 15) is 4.79 Å². The lowest BCUT2D eigenvalue weighted by Gasteiger charge is -2.32. The van der Waals surface area contributed by atoms with Crippen molar-refractivity contribution in [2.75, 3.05) is 46.9 Å². The lowest BCUT2D eigenvalue weighted by atomic mass is 9.92. The van der Waals surface area contributed by atoms with Crippen molar-refractivity contribution in [3.05, 3.63) is 81.5 Å². The van der Waals surface area contributed by atoms with Gasteiger partial charge in [0.05, 0.1) is 35.7 Å². The van der Waals surface area contributed by atoms with Crippen molar-refractivity contribution in [2.24, 2.45) is 5.92 Å². The van der Waals surface area contributed by atoms with Crippen molar-refractivity contribution in [1.29, 1.82) is 0 Å². The number of aromatic nitrogens is 2. The van der Waals surface area contributed by atoms with E-state index < -0.39 is 0 Å². The maximum absolute atomic E-state index is 11.5. The summed E-state index contributed by atoms with van der Waals surface area (Å²) >= 11 is 14.3. The zero-order chi connectivity index (χ0) is 35.3. The summed E-state index contributed by atoms with van der Waals surface area (Å²) in [6.45, 7) is 6.59. The average molecular weight is 730 g/mol.